The predicted octanol–water partition coefficient (Wildman–Crippen LogP) is 2.69. The minimum absolute atomic E-state index is 0.211. The van der Waals surface area contributed by atoms with Crippen LogP contribution in [0.15, 0.2) is 42.9 Å². The lowest BCUT2D eigenvalue weighted by Crippen LogP contribution is -2.32. The molecule has 4 nitrogen and oxygen atoms in total. The Hall–Kier alpha value is -1.81. The lowest BCUT2D eigenvalue weighted by atomic mass is 9.96. The molecule has 0 saturated carbocycles. The first-order valence-electron chi connectivity index (χ1n) is 7.00. The van der Waals surface area contributed by atoms with E-state index in [-0.39, 0.29) is 11.5 Å². The van der Waals surface area contributed by atoms with Crippen LogP contribution in [0.5, 0.6) is 0 Å². The lowest BCUT2D eigenvalue weighted by Gasteiger charge is -2.23. The number of anilines is 1. The largest absolute Gasteiger partial charge is 0.382 e. The summed E-state index contributed by atoms with van der Waals surface area (Å²) in [6.45, 7) is 8.52. The predicted molar refractivity (Wildman–Crippen MR) is 83.5 cm³/mol. The van der Waals surface area contributed by atoms with E-state index in [4.69, 9.17) is 5.73 Å². The first-order chi connectivity index (χ1) is 9.46. The van der Waals surface area contributed by atoms with Crippen molar-refractivity contribution in [3.8, 4) is 0 Å². The summed E-state index contributed by atoms with van der Waals surface area (Å²) in [5.74, 6) is 0.557. The molecule has 1 atom stereocenters. The molecule has 0 spiro atoms. The lowest BCUT2D eigenvalue weighted by molar-refractivity contribution is 0.366. The Morgan fingerprint density at radius 2 is 1.95 bits per heavy atom. The van der Waals surface area contributed by atoms with Gasteiger partial charge in [-0.25, -0.2) is 4.98 Å². The molecule has 20 heavy (non-hydrogen) atoms. The maximum atomic E-state index is 5.74. The van der Waals surface area contributed by atoms with E-state index in [1.807, 2.05) is 12.3 Å². The molecule has 0 bridgehead atoms. The minimum Gasteiger partial charge on any atom is -0.382 e. The van der Waals surface area contributed by atoms with Crippen LogP contribution in [0.2, 0.25) is 0 Å². The molecule has 2 rings (SSSR count). The number of nitrogen functional groups attached to an aromatic ring is 1. The third-order valence-electron chi connectivity index (χ3n) is 3.16. The van der Waals surface area contributed by atoms with Crippen LogP contribution in [0.4, 0.5) is 5.82 Å². The van der Waals surface area contributed by atoms with Gasteiger partial charge in [-0.3, -0.25) is 0 Å². The molecule has 1 heterocycles. The Bertz CT molecular complexity index is 525. The molecule has 0 aliphatic heterocycles. The van der Waals surface area contributed by atoms with Gasteiger partial charge in [0.2, 0.25) is 0 Å². The third kappa shape index (κ3) is 4.10. The second kappa shape index (κ2) is 6.09. The summed E-state index contributed by atoms with van der Waals surface area (Å²) >= 11 is 0. The summed E-state index contributed by atoms with van der Waals surface area (Å²) in [7, 11) is 0. The standard InChI is InChI=1S/C16H24N4/c1-16(2,3)11-18-9-14(13-7-5-4-6-8-13)20-10-15(17)19-12-20/h4-8,10,12,14,18H,9,11,17H2,1-3H3/t14-/m1/s1. The van der Waals surface area contributed by atoms with Gasteiger partial charge < -0.3 is 15.6 Å². The summed E-state index contributed by atoms with van der Waals surface area (Å²) in [5.41, 5.74) is 7.27. The smallest absolute Gasteiger partial charge is 0.141 e. The maximum Gasteiger partial charge on any atom is 0.141 e. The number of aromatic nitrogens is 2. The summed E-state index contributed by atoms with van der Waals surface area (Å²) in [5, 5.41) is 3.54. The van der Waals surface area contributed by atoms with Gasteiger partial charge in [-0.05, 0) is 11.0 Å². The summed E-state index contributed by atoms with van der Waals surface area (Å²) in [6, 6.07) is 10.6. The molecule has 0 unspecified atom stereocenters. The number of benzene rings is 1. The van der Waals surface area contributed by atoms with Crippen molar-refractivity contribution in [2.45, 2.75) is 26.8 Å². The number of imidazole rings is 1. The number of nitrogens with two attached hydrogens (primary N) is 1. The van der Waals surface area contributed by atoms with E-state index >= 15 is 0 Å². The molecule has 0 aliphatic rings. The van der Waals surface area contributed by atoms with E-state index in [1.165, 1.54) is 5.56 Å². The van der Waals surface area contributed by atoms with Gasteiger partial charge in [-0.1, -0.05) is 51.1 Å². The molecule has 0 aliphatic carbocycles. The number of hydrogen-bond acceptors (Lipinski definition) is 3. The normalized spacial score (nSPS) is 13.3. The van der Waals surface area contributed by atoms with Crippen LogP contribution in [0.3, 0.4) is 0 Å². The second-order valence-electron chi connectivity index (χ2n) is 6.36. The zero-order valence-corrected chi connectivity index (χ0v) is 12.5. The first-order valence-corrected chi connectivity index (χ1v) is 7.00. The zero-order chi connectivity index (χ0) is 14.6. The molecule has 0 radical (unpaired) electrons. The van der Waals surface area contributed by atoms with Crippen molar-refractivity contribution >= 4 is 5.82 Å². The fourth-order valence-corrected chi connectivity index (χ4v) is 2.18. The molecule has 0 amide bonds. The third-order valence-corrected chi connectivity index (χ3v) is 3.16. The molecule has 1 aromatic heterocycles. The summed E-state index contributed by atoms with van der Waals surface area (Å²) in [4.78, 5) is 4.13. The number of nitrogens with zero attached hydrogens (tertiary/aromatic N) is 2. The maximum absolute atomic E-state index is 5.74. The van der Waals surface area contributed by atoms with Gasteiger partial charge >= 0.3 is 0 Å². The summed E-state index contributed by atoms with van der Waals surface area (Å²) in [6.07, 6.45) is 3.68. The van der Waals surface area contributed by atoms with Crippen molar-refractivity contribution in [2.24, 2.45) is 5.41 Å². The van der Waals surface area contributed by atoms with Gasteiger partial charge in [0.1, 0.15) is 5.82 Å². The SMILES string of the molecule is CC(C)(C)CNC[C@H](c1ccccc1)n1cnc(N)c1. The fraction of sp³-hybridized carbons (Fsp3) is 0.438. The van der Waals surface area contributed by atoms with Crippen molar-refractivity contribution in [1.82, 2.24) is 14.9 Å². The monoisotopic (exact) mass is 272 g/mol. The Labute approximate surface area is 121 Å². The van der Waals surface area contributed by atoms with Crippen LogP contribution in [0.25, 0.3) is 0 Å². The number of nitrogens with one attached hydrogen (secondary N) is 1. The highest BCUT2D eigenvalue weighted by molar-refractivity contribution is 5.26. The second-order valence-corrected chi connectivity index (χ2v) is 6.36. The van der Waals surface area contributed by atoms with Crippen molar-refractivity contribution in [3.05, 3.63) is 48.4 Å². The fourth-order valence-electron chi connectivity index (χ4n) is 2.18. The zero-order valence-electron chi connectivity index (χ0n) is 12.5. The molecular weight excluding hydrogens is 248 g/mol. The van der Waals surface area contributed by atoms with E-state index in [2.05, 4.69) is 59.9 Å². The van der Waals surface area contributed by atoms with E-state index in [0.29, 0.717) is 5.82 Å². The Morgan fingerprint density at radius 3 is 2.50 bits per heavy atom. The van der Waals surface area contributed by atoms with Gasteiger partial charge in [-0.2, -0.15) is 0 Å². The van der Waals surface area contributed by atoms with Crippen LogP contribution in [-0.2, 0) is 0 Å². The Morgan fingerprint density at radius 1 is 1.25 bits per heavy atom. The quantitative estimate of drug-likeness (QED) is 0.880. The van der Waals surface area contributed by atoms with Crippen molar-refractivity contribution in [2.75, 3.05) is 18.8 Å². The average Bonchev–Trinajstić information content (AvgIpc) is 2.81. The van der Waals surface area contributed by atoms with Crippen LogP contribution < -0.4 is 11.1 Å². The Kier molecular flexibility index (Phi) is 4.45. The van der Waals surface area contributed by atoms with Gasteiger partial charge in [0, 0.05) is 19.3 Å². The summed E-state index contributed by atoms with van der Waals surface area (Å²) < 4.78 is 2.07. The van der Waals surface area contributed by atoms with Crippen LogP contribution >= 0.6 is 0 Å². The van der Waals surface area contributed by atoms with Crippen LogP contribution in [-0.4, -0.2) is 22.6 Å². The highest BCUT2D eigenvalue weighted by Gasteiger charge is 2.15. The highest BCUT2D eigenvalue weighted by atomic mass is 15.1. The first kappa shape index (κ1) is 14.6. The van der Waals surface area contributed by atoms with Crippen LogP contribution in [0.1, 0.15) is 32.4 Å². The van der Waals surface area contributed by atoms with Crippen molar-refractivity contribution in [3.63, 3.8) is 0 Å². The average molecular weight is 272 g/mol. The molecule has 108 valence electrons. The highest BCUT2D eigenvalue weighted by Crippen LogP contribution is 2.19. The van der Waals surface area contributed by atoms with Crippen LogP contribution in [0, 0.1) is 5.41 Å². The molecule has 1 aromatic carbocycles. The molecule has 2 aromatic rings. The molecule has 0 saturated heterocycles. The van der Waals surface area contributed by atoms with Gasteiger partial charge in [-0.15, -0.1) is 0 Å². The van der Waals surface area contributed by atoms with Crippen molar-refractivity contribution in [1.29, 1.82) is 0 Å². The number of rotatable bonds is 5. The topological polar surface area (TPSA) is 55.9 Å². The molecule has 0 fully saturated rings. The minimum atomic E-state index is 0.211. The molecular formula is C16H24N4. The van der Waals surface area contributed by atoms with E-state index in [1.54, 1.807) is 6.33 Å². The van der Waals surface area contributed by atoms with Crippen molar-refractivity contribution < 1.29 is 0 Å². The van der Waals surface area contributed by atoms with E-state index < -0.39 is 0 Å². The van der Waals surface area contributed by atoms with Gasteiger partial charge in [0.25, 0.3) is 0 Å². The van der Waals surface area contributed by atoms with E-state index in [0.717, 1.165) is 13.1 Å². The molecule has 3 N–H and O–H groups in total. The number of hydrogen-bond donors (Lipinski definition) is 2. The Balaban J connectivity index is 2.13. The molecule has 4 heteroatoms. The van der Waals surface area contributed by atoms with E-state index in [9.17, 15) is 0 Å². The van der Waals surface area contributed by atoms with Gasteiger partial charge in [0.05, 0.1) is 12.4 Å². The van der Waals surface area contributed by atoms with Gasteiger partial charge in [0.15, 0.2) is 0 Å².